The van der Waals surface area contributed by atoms with Crippen LogP contribution < -0.4 is 10.2 Å². The summed E-state index contributed by atoms with van der Waals surface area (Å²) in [6.45, 7) is 11.1. The molecule has 0 aliphatic carbocycles. The quantitative estimate of drug-likeness (QED) is 0.0483. The molecule has 1 unspecified atom stereocenters. The molecule has 5 atom stereocenters. The van der Waals surface area contributed by atoms with Crippen LogP contribution in [0.5, 0.6) is 0 Å². The molecule has 342 valence electrons. The number of unbranched alkanes of at least 4 members (excludes halogenated alkanes) is 2. The summed E-state index contributed by atoms with van der Waals surface area (Å²) in [6, 6.07) is 9.04. The maximum atomic E-state index is 12.5. The van der Waals surface area contributed by atoms with Crippen molar-refractivity contribution in [3.63, 3.8) is 0 Å². The largest absolute Gasteiger partial charge is 0.744 e. The van der Waals surface area contributed by atoms with Crippen LogP contribution in [0.15, 0.2) is 82.3 Å². The first-order chi connectivity index (χ1) is 29.1. The SMILES string of the molecule is CCN1\C(=C/C=C/C=C/C2=[N+](CCCCCC(=O)NCCOCCOC3O[C@H](CO)[C@@H](O)[C@H](O)[C@@H]3O)c3ccc(S(=O)(=O)O)cc3C2(C)C)C(C)(C)c2cc(S(=O)(=O)[O-])ccc21. The van der Waals surface area contributed by atoms with Crippen molar-refractivity contribution in [2.75, 3.05) is 51.0 Å². The zero-order chi connectivity index (χ0) is 45.6. The standard InChI is InChI=1S/C43H59N3O14S2/c1-6-45-32-18-16-28(61(52,53)54)25-30(32)42(2,3)35(45)13-9-7-10-14-36-43(4,5)31-26-29(62(55,56)57)17-19-33(31)46(36)21-12-8-11-15-37(48)44-20-22-58-23-24-59-41-40(51)39(50)38(49)34(27-47)60-41/h7,9-10,13-14,16-19,25-26,34,38-41,47,49-51H,6,8,11-12,15,20-24,27H2,1-5H3,(H2-,44,48,52,53,54,55,56,57)/t34-,38-,39+,40+,41?/m1/s1. The number of aliphatic hydroxyl groups is 4. The maximum absolute atomic E-state index is 12.5. The number of anilines is 1. The predicted molar refractivity (Wildman–Crippen MR) is 228 cm³/mol. The number of benzene rings is 2. The van der Waals surface area contributed by atoms with Crippen molar-refractivity contribution in [1.82, 2.24) is 5.32 Å². The van der Waals surface area contributed by atoms with E-state index in [1.54, 1.807) is 12.1 Å². The fraction of sp³-hybridized carbons (Fsp3) is 0.535. The molecule has 0 radical (unpaired) electrons. The third kappa shape index (κ3) is 11.1. The van der Waals surface area contributed by atoms with Crippen LogP contribution in [0.25, 0.3) is 0 Å². The Morgan fingerprint density at radius 2 is 1.61 bits per heavy atom. The smallest absolute Gasteiger partial charge is 0.294 e. The van der Waals surface area contributed by atoms with E-state index in [0.29, 0.717) is 25.9 Å². The summed E-state index contributed by atoms with van der Waals surface area (Å²) < 4.78 is 87.6. The summed E-state index contributed by atoms with van der Waals surface area (Å²) >= 11 is 0. The maximum Gasteiger partial charge on any atom is 0.294 e. The number of carbonyl (C=O) groups excluding carboxylic acids is 1. The Balaban J connectivity index is 1.16. The second kappa shape index (κ2) is 20.3. The monoisotopic (exact) mass is 905 g/mol. The van der Waals surface area contributed by atoms with Crippen molar-refractivity contribution in [3.8, 4) is 0 Å². The fourth-order valence-corrected chi connectivity index (χ4v) is 9.18. The average Bonchev–Trinajstić information content (AvgIpc) is 3.56. The Hall–Kier alpha value is -3.86. The van der Waals surface area contributed by atoms with Crippen LogP contribution >= 0.6 is 0 Å². The van der Waals surface area contributed by atoms with E-state index in [0.717, 1.165) is 46.8 Å². The van der Waals surface area contributed by atoms with Gasteiger partial charge in [0.05, 0.1) is 41.6 Å². The first kappa shape index (κ1) is 49.2. The van der Waals surface area contributed by atoms with Crippen molar-refractivity contribution in [1.29, 1.82) is 0 Å². The van der Waals surface area contributed by atoms with Gasteiger partial charge < -0.3 is 49.4 Å². The van der Waals surface area contributed by atoms with Crippen LogP contribution in [0.1, 0.15) is 71.4 Å². The molecule has 3 aliphatic rings. The minimum atomic E-state index is -4.62. The lowest BCUT2D eigenvalue weighted by molar-refractivity contribution is -0.438. The minimum Gasteiger partial charge on any atom is -0.744 e. The van der Waals surface area contributed by atoms with Gasteiger partial charge in [0, 0.05) is 60.4 Å². The molecular formula is C43H59N3O14S2. The molecule has 0 saturated carbocycles. The molecular weight excluding hydrogens is 847 g/mol. The zero-order valence-corrected chi connectivity index (χ0v) is 37.3. The Bertz CT molecular complexity index is 2290. The third-order valence-corrected chi connectivity index (χ3v) is 13.3. The van der Waals surface area contributed by atoms with Gasteiger partial charge in [-0.25, -0.2) is 8.42 Å². The van der Waals surface area contributed by atoms with Gasteiger partial charge in [-0.3, -0.25) is 9.35 Å². The van der Waals surface area contributed by atoms with Crippen LogP contribution in [0.3, 0.4) is 0 Å². The Labute approximate surface area is 363 Å². The van der Waals surface area contributed by atoms with Crippen LogP contribution in [0, 0.1) is 0 Å². The highest BCUT2D eigenvalue weighted by atomic mass is 32.2. The number of hydrogen-bond acceptors (Lipinski definition) is 14. The summed E-state index contributed by atoms with van der Waals surface area (Å²) in [5.74, 6) is -0.138. The molecule has 5 rings (SSSR count). The predicted octanol–water partition coefficient (Wildman–Crippen LogP) is 2.54. The molecule has 0 spiro atoms. The molecule has 1 amide bonds. The van der Waals surface area contributed by atoms with Crippen molar-refractivity contribution in [2.45, 2.75) is 112 Å². The topological polar surface area (TPSA) is 256 Å². The van der Waals surface area contributed by atoms with E-state index in [-0.39, 0.29) is 42.1 Å². The summed E-state index contributed by atoms with van der Waals surface area (Å²) in [5, 5.41) is 41.9. The van der Waals surface area contributed by atoms with Gasteiger partial charge in [0.2, 0.25) is 11.6 Å². The van der Waals surface area contributed by atoms with Gasteiger partial charge >= 0.3 is 0 Å². The molecule has 0 aromatic heterocycles. The van der Waals surface area contributed by atoms with Crippen LogP contribution in [0.4, 0.5) is 11.4 Å². The molecule has 62 heavy (non-hydrogen) atoms. The molecule has 17 nitrogen and oxygen atoms in total. The second-order valence-corrected chi connectivity index (χ2v) is 19.3. The highest BCUT2D eigenvalue weighted by molar-refractivity contribution is 7.86. The number of amides is 1. The lowest BCUT2D eigenvalue weighted by atomic mass is 9.81. The first-order valence-corrected chi connectivity index (χ1v) is 23.5. The zero-order valence-electron chi connectivity index (χ0n) is 35.6. The normalized spacial score (nSPS) is 24.1. The Kier molecular flexibility index (Phi) is 16.1. The molecule has 2 aromatic rings. The molecule has 19 heteroatoms. The number of likely N-dealkylation sites (N-methyl/N-ethyl adjacent to an activating group) is 1. The minimum absolute atomic E-state index is 0.00219. The van der Waals surface area contributed by atoms with E-state index >= 15 is 0 Å². The lowest BCUT2D eigenvalue weighted by Gasteiger charge is -2.39. The number of nitrogens with zero attached hydrogens (tertiary/aromatic N) is 2. The van der Waals surface area contributed by atoms with E-state index in [9.17, 15) is 51.2 Å². The molecule has 0 bridgehead atoms. The second-order valence-electron chi connectivity index (χ2n) is 16.5. The molecule has 1 fully saturated rings. The van der Waals surface area contributed by atoms with Crippen LogP contribution in [-0.2, 0) is 50.1 Å². The Morgan fingerprint density at radius 1 is 0.903 bits per heavy atom. The van der Waals surface area contributed by atoms with Gasteiger partial charge in [0.15, 0.2) is 12.0 Å². The van der Waals surface area contributed by atoms with Gasteiger partial charge in [-0.05, 0) is 75.6 Å². The number of allylic oxidation sites excluding steroid dienone is 6. The third-order valence-electron chi connectivity index (χ3n) is 11.6. The summed E-state index contributed by atoms with van der Waals surface area (Å²) in [7, 11) is -9.07. The first-order valence-electron chi connectivity index (χ1n) is 20.6. The summed E-state index contributed by atoms with van der Waals surface area (Å²) in [6.07, 6.45) is 5.14. The number of carbonyl (C=O) groups is 1. The van der Waals surface area contributed by atoms with Crippen molar-refractivity contribution in [3.05, 3.63) is 83.6 Å². The van der Waals surface area contributed by atoms with Gasteiger partial charge in [0.1, 0.15) is 41.1 Å². The van der Waals surface area contributed by atoms with Crippen molar-refractivity contribution in [2.24, 2.45) is 0 Å². The van der Waals surface area contributed by atoms with Crippen LogP contribution in [0.2, 0.25) is 0 Å². The molecule has 1 saturated heterocycles. The number of ether oxygens (including phenoxy) is 3. The van der Waals surface area contributed by atoms with E-state index in [1.165, 1.54) is 24.3 Å². The average molecular weight is 906 g/mol. The molecule has 3 heterocycles. The van der Waals surface area contributed by atoms with E-state index in [2.05, 4.69) is 14.8 Å². The number of fused-ring (bicyclic) bond motifs is 2. The van der Waals surface area contributed by atoms with Crippen molar-refractivity contribution >= 4 is 43.2 Å². The van der Waals surface area contributed by atoms with E-state index in [4.69, 9.17) is 14.2 Å². The number of rotatable bonds is 20. The molecule has 6 N–H and O–H groups in total. The highest BCUT2D eigenvalue weighted by Crippen LogP contribution is 2.48. The summed E-state index contributed by atoms with van der Waals surface area (Å²) in [5.41, 5.74) is 3.75. The van der Waals surface area contributed by atoms with Gasteiger partial charge in [0.25, 0.3) is 10.1 Å². The number of nitrogens with one attached hydrogen (secondary N) is 1. The molecule has 3 aliphatic heterocycles. The van der Waals surface area contributed by atoms with Crippen molar-refractivity contribution < 1.29 is 69.9 Å². The van der Waals surface area contributed by atoms with Gasteiger partial charge in [-0.1, -0.05) is 32.1 Å². The Morgan fingerprint density at radius 3 is 2.29 bits per heavy atom. The number of hydrogen-bond donors (Lipinski definition) is 6. The van der Waals surface area contributed by atoms with Gasteiger partial charge in [-0.15, -0.1) is 0 Å². The molecule has 2 aromatic carbocycles. The highest BCUT2D eigenvalue weighted by Gasteiger charge is 2.46. The number of aliphatic hydroxyl groups excluding tert-OH is 4. The fourth-order valence-electron chi connectivity index (χ4n) is 8.18. The van der Waals surface area contributed by atoms with Gasteiger partial charge in [-0.2, -0.15) is 13.0 Å². The van der Waals surface area contributed by atoms with Crippen LogP contribution in [-0.4, -0.2) is 139 Å². The van der Waals surface area contributed by atoms with E-state index < -0.39 is 68.4 Å². The summed E-state index contributed by atoms with van der Waals surface area (Å²) in [4.78, 5) is 14.1. The van der Waals surface area contributed by atoms with E-state index in [1.807, 2.05) is 65.0 Å². The lowest BCUT2D eigenvalue weighted by Crippen LogP contribution is -2.59.